The molecule has 1 aliphatic heterocycles. The van der Waals surface area contributed by atoms with Crippen molar-refractivity contribution in [2.45, 2.75) is 24.8 Å². The first-order chi connectivity index (χ1) is 9.53. The van der Waals surface area contributed by atoms with E-state index in [1.165, 1.54) is 0 Å². The lowest BCUT2D eigenvalue weighted by Crippen LogP contribution is -2.46. The Hall–Kier alpha value is -1.60. The van der Waals surface area contributed by atoms with Gasteiger partial charge in [-0.3, -0.25) is 0 Å². The molecule has 0 bridgehead atoms. The summed E-state index contributed by atoms with van der Waals surface area (Å²) in [6, 6.07) is 6.77. The Balaban J connectivity index is 2.10. The first-order valence-electron chi connectivity index (χ1n) is 6.66. The van der Waals surface area contributed by atoms with Gasteiger partial charge < -0.3 is 10.6 Å². The highest BCUT2D eigenvalue weighted by atomic mass is 32.2. The number of aliphatic imine (C=N–C) groups is 1. The van der Waals surface area contributed by atoms with Gasteiger partial charge in [-0.25, -0.2) is 18.1 Å². The lowest BCUT2D eigenvalue weighted by molar-refractivity contribution is 0.295. The molecule has 1 aromatic carbocycles. The Labute approximate surface area is 119 Å². The first-order valence-corrected chi connectivity index (χ1v) is 8.14. The molecule has 0 aromatic heterocycles. The van der Waals surface area contributed by atoms with Crippen LogP contribution in [0.3, 0.4) is 0 Å². The van der Waals surface area contributed by atoms with Gasteiger partial charge in [0.05, 0.1) is 11.4 Å². The molecule has 1 saturated heterocycles. The minimum absolute atomic E-state index is 0.259. The van der Waals surface area contributed by atoms with Crippen LogP contribution in [-0.2, 0) is 16.6 Å². The van der Waals surface area contributed by atoms with E-state index >= 15 is 0 Å². The average molecular weight is 296 g/mol. The largest absolute Gasteiger partial charge is 0.370 e. The number of hydrogen-bond acceptors (Lipinski definition) is 3. The van der Waals surface area contributed by atoms with Crippen LogP contribution in [0, 0.1) is 0 Å². The molecule has 0 aliphatic carbocycles. The second-order valence-electron chi connectivity index (χ2n) is 4.66. The van der Waals surface area contributed by atoms with E-state index in [2.05, 4.69) is 9.71 Å². The molecule has 1 aromatic rings. The van der Waals surface area contributed by atoms with Crippen LogP contribution in [0.2, 0.25) is 0 Å². The van der Waals surface area contributed by atoms with Crippen molar-refractivity contribution in [3.63, 3.8) is 0 Å². The van der Waals surface area contributed by atoms with Crippen molar-refractivity contribution in [2.24, 2.45) is 10.7 Å². The molecular formula is C13H20N4O2S. The van der Waals surface area contributed by atoms with Crippen LogP contribution >= 0.6 is 0 Å². The maximum Gasteiger partial charge on any atom is 0.240 e. The lowest BCUT2D eigenvalue weighted by atomic mass is 10.2. The number of guanidine groups is 1. The highest BCUT2D eigenvalue weighted by Crippen LogP contribution is 2.13. The van der Waals surface area contributed by atoms with Gasteiger partial charge in [0.15, 0.2) is 5.96 Å². The fraction of sp³-hybridized carbons (Fsp3) is 0.462. The van der Waals surface area contributed by atoms with Crippen LogP contribution in [0.5, 0.6) is 0 Å². The molecule has 0 spiro atoms. The summed E-state index contributed by atoms with van der Waals surface area (Å²) in [4.78, 5) is 6.55. The number of rotatable bonds is 5. The van der Waals surface area contributed by atoms with Gasteiger partial charge in [-0.05, 0) is 24.1 Å². The summed E-state index contributed by atoms with van der Waals surface area (Å²) in [7, 11) is -3.42. The Morgan fingerprint density at radius 1 is 1.45 bits per heavy atom. The molecule has 0 atom stereocenters. The van der Waals surface area contributed by atoms with Gasteiger partial charge in [0.25, 0.3) is 0 Å². The highest BCUT2D eigenvalue weighted by Gasteiger charge is 2.16. The van der Waals surface area contributed by atoms with E-state index in [4.69, 9.17) is 5.73 Å². The monoisotopic (exact) mass is 296 g/mol. The van der Waals surface area contributed by atoms with E-state index in [1.807, 2.05) is 11.0 Å². The van der Waals surface area contributed by atoms with E-state index in [9.17, 15) is 8.42 Å². The first kappa shape index (κ1) is 14.8. The quantitative estimate of drug-likeness (QED) is 0.612. The van der Waals surface area contributed by atoms with Crippen molar-refractivity contribution in [1.29, 1.82) is 0 Å². The van der Waals surface area contributed by atoms with Crippen molar-refractivity contribution in [3.8, 4) is 0 Å². The summed E-state index contributed by atoms with van der Waals surface area (Å²) >= 11 is 0. The molecule has 1 aliphatic rings. The van der Waals surface area contributed by atoms with Crippen LogP contribution in [0.1, 0.15) is 18.9 Å². The fourth-order valence-corrected chi connectivity index (χ4v) is 3.01. The molecular weight excluding hydrogens is 276 g/mol. The Kier molecular flexibility index (Phi) is 4.61. The van der Waals surface area contributed by atoms with Gasteiger partial charge >= 0.3 is 0 Å². The molecule has 0 radical (unpaired) electrons. The molecule has 7 heteroatoms. The van der Waals surface area contributed by atoms with E-state index in [0.29, 0.717) is 19.0 Å². The molecule has 3 N–H and O–H groups in total. The van der Waals surface area contributed by atoms with Gasteiger partial charge in [-0.2, -0.15) is 0 Å². The van der Waals surface area contributed by atoms with E-state index in [0.717, 1.165) is 25.1 Å². The van der Waals surface area contributed by atoms with Crippen LogP contribution in [0.15, 0.2) is 34.2 Å². The van der Waals surface area contributed by atoms with Crippen molar-refractivity contribution >= 4 is 16.0 Å². The van der Waals surface area contributed by atoms with Gasteiger partial charge in [-0.1, -0.05) is 19.1 Å². The van der Waals surface area contributed by atoms with Crippen LogP contribution in [-0.4, -0.2) is 38.9 Å². The number of nitrogens with one attached hydrogen (secondary N) is 1. The summed E-state index contributed by atoms with van der Waals surface area (Å²) in [6.45, 7) is 4.40. The third-order valence-corrected chi connectivity index (χ3v) is 4.69. The van der Waals surface area contributed by atoms with Crippen LogP contribution in [0.4, 0.5) is 0 Å². The van der Waals surface area contributed by atoms with Gasteiger partial charge in [0.2, 0.25) is 10.0 Å². The van der Waals surface area contributed by atoms with Crippen molar-refractivity contribution in [1.82, 2.24) is 9.62 Å². The number of nitrogens with zero attached hydrogens (tertiary/aromatic N) is 2. The Morgan fingerprint density at radius 2 is 2.20 bits per heavy atom. The molecule has 1 fully saturated rings. The van der Waals surface area contributed by atoms with Crippen LogP contribution in [0.25, 0.3) is 0 Å². The lowest BCUT2D eigenvalue weighted by Gasteiger charge is -2.31. The normalized spacial score (nSPS) is 16.1. The summed E-state index contributed by atoms with van der Waals surface area (Å²) in [5.41, 5.74) is 6.67. The van der Waals surface area contributed by atoms with Crippen LogP contribution < -0.4 is 10.5 Å². The predicted octanol–water partition coefficient (Wildman–Crippen LogP) is 0.505. The third kappa shape index (κ3) is 3.49. The van der Waals surface area contributed by atoms with E-state index in [-0.39, 0.29) is 4.90 Å². The third-order valence-electron chi connectivity index (χ3n) is 3.15. The molecule has 1 heterocycles. The molecule has 0 unspecified atom stereocenters. The second-order valence-corrected chi connectivity index (χ2v) is 6.43. The number of likely N-dealkylation sites (tertiary alicyclic amines) is 1. The minimum atomic E-state index is -3.42. The summed E-state index contributed by atoms with van der Waals surface area (Å²) < 4.78 is 26.3. The summed E-state index contributed by atoms with van der Waals surface area (Å²) in [6.07, 6.45) is 1.15. The smallest absolute Gasteiger partial charge is 0.240 e. The number of nitrogens with two attached hydrogens (primary N) is 1. The van der Waals surface area contributed by atoms with E-state index in [1.54, 1.807) is 25.1 Å². The standard InChI is InChI=1S/C13H20N4O2S/c1-2-16-20(18,19)12-6-3-5-11(9-12)10-15-13(14)17-7-4-8-17/h3,5-6,9,16H,2,4,7-8,10H2,1H3,(H2,14,15). The Morgan fingerprint density at radius 3 is 2.80 bits per heavy atom. The topological polar surface area (TPSA) is 87.8 Å². The molecule has 20 heavy (non-hydrogen) atoms. The van der Waals surface area contributed by atoms with Gasteiger partial charge in [-0.15, -0.1) is 0 Å². The maximum absolute atomic E-state index is 11.9. The fourth-order valence-electron chi connectivity index (χ4n) is 1.90. The number of hydrogen-bond donors (Lipinski definition) is 2. The molecule has 0 saturated carbocycles. The zero-order valence-electron chi connectivity index (χ0n) is 11.5. The highest BCUT2D eigenvalue weighted by molar-refractivity contribution is 7.89. The summed E-state index contributed by atoms with van der Waals surface area (Å²) in [5, 5.41) is 0. The van der Waals surface area contributed by atoms with Crippen molar-refractivity contribution in [2.75, 3.05) is 19.6 Å². The van der Waals surface area contributed by atoms with Crippen molar-refractivity contribution in [3.05, 3.63) is 29.8 Å². The van der Waals surface area contributed by atoms with E-state index < -0.39 is 10.0 Å². The predicted molar refractivity (Wildman–Crippen MR) is 78.8 cm³/mol. The molecule has 2 rings (SSSR count). The molecule has 6 nitrogen and oxygen atoms in total. The zero-order chi connectivity index (χ0) is 14.6. The number of benzene rings is 1. The zero-order valence-corrected chi connectivity index (χ0v) is 12.4. The van der Waals surface area contributed by atoms with Crippen molar-refractivity contribution < 1.29 is 8.42 Å². The molecule has 0 amide bonds. The molecule has 110 valence electrons. The second kappa shape index (κ2) is 6.23. The minimum Gasteiger partial charge on any atom is -0.370 e. The summed E-state index contributed by atoms with van der Waals surface area (Å²) in [5.74, 6) is 0.524. The maximum atomic E-state index is 11.9. The van der Waals surface area contributed by atoms with Gasteiger partial charge in [0.1, 0.15) is 0 Å². The number of sulfonamides is 1. The van der Waals surface area contributed by atoms with Gasteiger partial charge in [0, 0.05) is 19.6 Å². The SMILES string of the molecule is CCNS(=O)(=O)c1cccc(CN=C(N)N2CCC2)c1. The average Bonchev–Trinajstić information content (AvgIpc) is 2.35. The Bertz CT molecular complexity index is 594.